The molecule has 2 N–H and O–H groups in total. The number of hydrogen-bond acceptors (Lipinski definition) is 3. The van der Waals surface area contributed by atoms with E-state index in [4.69, 9.17) is 4.74 Å². The van der Waals surface area contributed by atoms with Gasteiger partial charge in [-0.1, -0.05) is 34.9 Å². The van der Waals surface area contributed by atoms with Crippen LogP contribution in [0, 0.1) is 6.92 Å². The summed E-state index contributed by atoms with van der Waals surface area (Å²) in [5.74, 6) is 0.300. The molecule has 3 nitrogen and oxygen atoms in total. The molecule has 29 heavy (non-hydrogen) atoms. The van der Waals surface area contributed by atoms with Gasteiger partial charge in [0, 0.05) is 17.7 Å². The third-order valence-corrected chi connectivity index (χ3v) is 5.23. The van der Waals surface area contributed by atoms with Gasteiger partial charge in [-0.05, 0) is 92.2 Å². The quantitative estimate of drug-likeness (QED) is 0.379. The normalized spacial score (nSPS) is 13.5. The van der Waals surface area contributed by atoms with Crippen LogP contribution < -0.4 is 0 Å². The lowest BCUT2D eigenvalue weighted by Crippen LogP contribution is -2.04. The molecule has 0 radical (unpaired) electrons. The van der Waals surface area contributed by atoms with Gasteiger partial charge in [-0.15, -0.1) is 0 Å². The molecule has 0 saturated carbocycles. The number of ether oxygens (including phenoxy) is 1. The maximum atomic E-state index is 10.7. The zero-order chi connectivity index (χ0) is 22.0. The second-order valence-corrected chi connectivity index (χ2v) is 8.21. The summed E-state index contributed by atoms with van der Waals surface area (Å²) in [5, 5.41) is 21.1. The minimum atomic E-state index is -0.205. The summed E-state index contributed by atoms with van der Waals surface area (Å²) in [5.41, 5.74) is 6.25. The second-order valence-electron chi connectivity index (χ2n) is 8.21. The molecule has 1 aromatic rings. The van der Waals surface area contributed by atoms with Gasteiger partial charge in [-0.3, -0.25) is 0 Å². The van der Waals surface area contributed by atoms with Crippen molar-refractivity contribution in [2.75, 3.05) is 6.61 Å². The Bertz CT molecular complexity index is 750. The number of aromatic hydroxyl groups is 2. The van der Waals surface area contributed by atoms with Crippen molar-refractivity contribution in [1.29, 1.82) is 0 Å². The fourth-order valence-electron chi connectivity index (χ4n) is 3.50. The van der Waals surface area contributed by atoms with Crippen LogP contribution in [0.2, 0.25) is 0 Å². The van der Waals surface area contributed by atoms with E-state index in [2.05, 4.69) is 45.9 Å². The van der Waals surface area contributed by atoms with Crippen molar-refractivity contribution in [1.82, 2.24) is 0 Å². The van der Waals surface area contributed by atoms with Crippen molar-refractivity contribution < 1.29 is 14.9 Å². The molecule has 1 aromatic carbocycles. The monoisotopic (exact) mass is 400 g/mol. The van der Waals surface area contributed by atoms with E-state index in [-0.39, 0.29) is 17.6 Å². The summed E-state index contributed by atoms with van der Waals surface area (Å²) >= 11 is 0. The SMILES string of the molecule is CCO[C@H](C)c1c(C)cc(O)c(C/C=C(\C)CC/C=C(\C)CCC=C(C)C)c1O. The number of allylic oxidation sites excluding steroid dienone is 6. The Kier molecular flexibility index (Phi) is 10.8. The van der Waals surface area contributed by atoms with E-state index in [1.54, 1.807) is 6.07 Å². The number of hydrogen-bond donors (Lipinski definition) is 2. The Hall–Kier alpha value is -2.00. The van der Waals surface area contributed by atoms with Crippen molar-refractivity contribution in [2.45, 2.75) is 86.7 Å². The van der Waals surface area contributed by atoms with Crippen LogP contribution in [0.4, 0.5) is 0 Å². The number of benzene rings is 1. The highest BCUT2D eigenvalue weighted by atomic mass is 16.5. The molecule has 162 valence electrons. The van der Waals surface area contributed by atoms with Crippen molar-refractivity contribution in [3.05, 3.63) is 57.7 Å². The predicted octanol–water partition coefficient (Wildman–Crippen LogP) is 7.47. The lowest BCUT2D eigenvalue weighted by Gasteiger charge is -2.19. The molecule has 0 aliphatic carbocycles. The highest BCUT2D eigenvalue weighted by Gasteiger charge is 2.19. The third kappa shape index (κ3) is 8.49. The lowest BCUT2D eigenvalue weighted by molar-refractivity contribution is 0.0740. The van der Waals surface area contributed by atoms with E-state index in [1.165, 1.54) is 16.7 Å². The highest BCUT2D eigenvalue weighted by molar-refractivity contribution is 5.54. The molecular formula is C26H40O3. The number of phenolic OH excluding ortho intramolecular Hbond substituents is 2. The molecule has 0 aliphatic rings. The van der Waals surface area contributed by atoms with Crippen molar-refractivity contribution >= 4 is 0 Å². The minimum Gasteiger partial charge on any atom is -0.508 e. The molecule has 3 heteroatoms. The molecule has 0 spiro atoms. The average molecular weight is 401 g/mol. The van der Waals surface area contributed by atoms with Gasteiger partial charge in [-0.25, -0.2) is 0 Å². The Labute approximate surface area is 177 Å². The standard InChI is InChI=1S/C26H40O3/c1-8-29-22(7)25-21(6)17-24(27)23(26(25)28)16-15-20(5)14-10-13-19(4)12-9-11-18(2)3/h11,13,15,17,22,27-28H,8-10,12,14,16H2,1-7H3/b19-13+,20-15+/t22-/m1/s1. The molecule has 0 unspecified atom stereocenters. The van der Waals surface area contributed by atoms with Crippen LogP contribution in [0.1, 0.15) is 90.0 Å². The second kappa shape index (κ2) is 12.5. The first-order valence-electron chi connectivity index (χ1n) is 10.8. The molecule has 0 bridgehead atoms. The summed E-state index contributed by atoms with van der Waals surface area (Å²) in [7, 11) is 0. The molecule has 0 saturated heterocycles. The zero-order valence-corrected chi connectivity index (χ0v) is 19.4. The van der Waals surface area contributed by atoms with Crippen molar-refractivity contribution in [3.8, 4) is 11.5 Å². The first-order valence-corrected chi connectivity index (χ1v) is 10.8. The topological polar surface area (TPSA) is 49.7 Å². The maximum absolute atomic E-state index is 10.7. The van der Waals surface area contributed by atoms with E-state index >= 15 is 0 Å². The Balaban J connectivity index is 2.77. The first-order chi connectivity index (χ1) is 13.7. The van der Waals surface area contributed by atoms with E-state index in [0.717, 1.165) is 36.8 Å². The smallest absolute Gasteiger partial charge is 0.128 e. The highest BCUT2D eigenvalue weighted by Crippen LogP contribution is 2.38. The molecule has 1 rings (SSSR count). The van der Waals surface area contributed by atoms with Gasteiger partial charge in [0.2, 0.25) is 0 Å². The predicted molar refractivity (Wildman–Crippen MR) is 124 cm³/mol. The molecule has 0 fully saturated rings. The van der Waals surface area contributed by atoms with Gasteiger partial charge >= 0.3 is 0 Å². The summed E-state index contributed by atoms with van der Waals surface area (Å²) < 4.78 is 5.66. The Morgan fingerprint density at radius 2 is 1.59 bits per heavy atom. The van der Waals surface area contributed by atoms with Gasteiger partial charge in [0.15, 0.2) is 0 Å². The summed E-state index contributed by atoms with van der Waals surface area (Å²) in [6, 6.07) is 1.72. The van der Waals surface area contributed by atoms with Crippen LogP contribution in [0.25, 0.3) is 0 Å². The molecule has 0 aliphatic heterocycles. The van der Waals surface area contributed by atoms with Crippen LogP contribution in [0.3, 0.4) is 0 Å². The number of aryl methyl sites for hydroxylation is 1. The van der Waals surface area contributed by atoms with Crippen LogP contribution >= 0.6 is 0 Å². The Morgan fingerprint density at radius 1 is 1.00 bits per heavy atom. The fourth-order valence-corrected chi connectivity index (χ4v) is 3.50. The molecule has 0 heterocycles. The summed E-state index contributed by atoms with van der Waals surface area (Å²) in [6.07, 6.45) is 11.2. The number of rotatable bonds is 11. The van der Waals surface area contributed by atoms with Crippen LogP contribution in [0.15, 0.2) is 41.0 Å². The molecular weight excluding hydrogens is 360 g/mol. The third-order valence-electron chi connectivity index (χ3n) is 5.23. The number of phenols is 2. The van der Waals surface area contributed by atoms with Crippen LogP contribution in [0.5, 0.6) is 11.5 Å². The molecule has 0 aromatic heterocycles. The summed E-state index contributed by atoms with van der Waals surface area (Å²) in [6.45, 7) is 14.9. The maximum Gasteiger partial charge on any atom is 0.128 e. The fraction of sp³-hybridized carbons (Fsp3) is 0.538. The summed E-state index contributed by atoms with van der Waals surface area (Å²) in [4.78, 5) is 0. The van der Waals surface area contributed by atoms with E-state index in [0.29, 0.717) is 18.6 Å². The van der Waals surface area contributed by atoms with E-state index < -0.39 is 0 Å². The van der Waals surface area contributed by atoms with Crippen LogP contribution in [-0.4, -0.2) is 16.8 Å². The van der Waals surface area contributed by atoms with Crippen molar-refractivity contribution in [2.24, 2.45) is 0 Å². The van der Waals surface area contributed by atoms with Crippen LogP contribution in [-0.2, 0) is 11.2 Å². The minimum absolute atomic E-state index is 0.145. The molecule has 1 atom stereocenters. The van der Waals surface area contributed by atoms with Gasteiger partial charge in [0.25, 0.3) is 0 Å². The Morgan fingerprint density at radius 3 is 2.17 bits per heavy atom. The van der Waals surface area contributed by atoms with Gasteiger partial charge in [0.05, 0.1) is 6.10 Å². The van der Waals surface area contributed by atoms with E-state index in [9.17, 15) is 10.2 Å². The zero-order valence-electron chi connectivity index (χ0n) is 19.4. The van der Waals surface area contributed by atoms with Gasteiger partial charge in [0.1, 0.15) is 11.5 Å². The van der Waals surface area contributed by atoms with Crippen molar-refractivity contribution in [3.63, 3.8) is 0 Å². The average Bonchev–Trinajstić information content (AvgIpc) is 2.61. The first kappa shape index (κ1) is 25.0. The van der Waals surface area contributed by atoms with Gasteiger partial charge < -0.3 is 14.9 Å². The molecule has 0 amide bonds. The van der Waals surface area contributed by atoms with Gasteiger partial charge in [-0.2, -0.15) is 0 Å². The largest absolute Gasteiger partial charge is 0.508 e. The lowest BCUT2D eigenvalue weighted by atomic mass is 9.95. The van der Waals surface area contributed by atoms with E-state index in [1.807, 2.05) is 20.8 Å².